The minimum absolute atomic E-state index is 0. The molecule has 0 saturated carbocycles. The van der Waals surface area contributed by atoms with Gasteiger partial charge in [-0.15, -0.1) is 12.4 Å². The minimum Gasteiger partial charge on any atom is -0.366 e. The molecule has 2 heterocycles. The molecule has 2 amide bonds. The minimum atomic E-state index is -0.436. The van der Waals surface area contributed by atoms with Gasteiger partial charge < -0.3 is 19.9 Å². The number of rotatable bonds is 2. The van der Waals surface area contributed by atoms with Crippen LogP contribution in [-0.2, 0) is 9.53 Å². The molecule has 8 heteroatoms. The molecule has 0 spiro atoms. The van der Waals surface area contributed by atoms with Crippen molar-refractivity contribution in [1.29, 1.82) is 0 Å². The van der Waals surface area contributed by atoms with E-state index in [2.05, 4.69) is 5.32 Å². The molecule has 0 bridgehead atoms. The topological polar surface area (TPSA) is 61.9 Å². The van der Waals surface area contributed by atoms with Crippen molar-refractivity contribution in [2.24, 2.45) is 0 Å². The fraction of sp³-hybridized carbons (Fsp3) is 0.500. The molecule has 1 unspecified atom stereocenters. The first-order chi connectivity index (χ1) is 11.1. The van der Waals surface area contributed by atoms with Crippen LogP contribution in [0.1, 0.15) is 10.4 Å². The summed E-state index contributed by atoms with van der Waals surface area (Å²) in [6, 6.07) is 5.67. The summed E-state index contributed by atoms with van der Waals surface area (Å²) in [6.07, 6.45) is -0.436. The number of piperazine rings is 1. The summed E-state index contributed by atoms with van der Waals surface area (Å²) in [6.45, 7) is 3.66. The largest absolute Gasteiger partial charge is 0.366 e. The van der Waals surface area contributed by atoms with E-state index in [1.165, 1.54) is 18.2 Å². The molecule has 0 radical (unpaired) electrons. The molecule has 1 aromatic rings. The molecule has 0 aliphatic carbocycles. The highest BCUT2D eigenvalue weighted by Crippen LogP contribution is 2.12. The van der Waals surface area contributed by atoms with E-state index in [4.69, 9.17) is 4.74 Å². The van der Waals surface area contributed by atoms with E-state index in [1.807, 2.05) is 0 Å². The number of nitrogens with zero attached hydrogens (tertiary/aromatic N) is 2. The lowest BCUT2D eigenvalue weighted by Gasteiger charge is -2.37. The Morgan fingerprint density at radius 2 is 1.88 bits per heavy atom. The van der Waals surface area contributed by atoms with Gasteiger partial charge >= 0.3 is 0 Å². The highest BCUT2D eigenvalue weighted by Gasteiger charge is 2.30. The average molecular weight is 358 g/mol. The van der Waals surface area contributed by atoms with Gasteiger partial charge in [-0.3, -0.25) is 9.59 Å². The van der Waals surface area contributed by atoms with Crippen LogP contribution >= 0.6 is 12.4 Å². The van der Waals surface area contributed by atoms with Crippen LogP contribution in [0.25, 0.3) is 0 Å². The van der Waals surface area contributed by atoms with Crippen LogP contribution in [0.3, 0.4) is 0 Å². The molecule has 2 fully saturated rings. The molecule has 0 aromatic heterocycles. The second kappa shape index (κ2) is 8.41. The van der Waals surface area contributed by atoms with Crippen LogP contribution in [-0.4, -0.2) is 73.6 Å². The summed E-state index contributed by atoms with van der Waals surface area (Å²) in [5, 5.41) is 3.14. The van der Waals surface area contributed by atoms with Crippen LogP contribution < -0.4 is 5.32 Å². The van der Waals surface area contributed by atoms with Crippen molar-refractivity contribution in [2.75, 3.05) is 45.9 Å². The maximum Gasteiger partial charge on any atom is 0.254 e. The van der Waals surface area contributed by atoms with Crippen molar-refractivity contribution >= 4 is 24.2 Å². The number of halogens is 2. The Hall–Kier alpha value is -1.70. The van der Waals surface area contributed by atoms with E-state index in [0.717, 1.165) is 6.54 Å². The molecule has 6 nitrogen and oxygen atoms in total. The third-order valence-corrected chi connectivity index (χ3v) is 4.15. The number of nitrogens with one attached hydrogen (secondary N) is 1. The molecule has 1 atom stereocenters. The van der Waals surface area contributed by atoms with Gasteiger partial charge in [0.15, 0.2) is 0 Å². The lowest BCUT2D eigenvalue weighted by Crippen LogP contribution is -2.56. The van der Waals surface area contributed by atoms with Gasteiger partial charge in [0.2, 0.25) is 0 Å². The molecule has 3 rings (SSSR count). The second-order valence-corrected chi connectivity index (χ2v) is 5.69. The van der Waals surface area contributed by atoms with Gasteiger partial charge in [0.1, 0.15) is 11.9 Å². The maximum absolute atomic E-state index is 13.2. The highest BCUT2D eigenvalue weighted by atomic mass is 35.5. The fourth-order valence-electron chi connectivity index (χ4n) is 2.86. The lowest BCUT2D eigenvalue weighted by atomic mass is 10.1. The van der Waals surface area contributed by atoms with E-state index in [1.54, 1.807) is 15.9 Å². The van der Waals surface area contributed by atoms with Gasteiger partial charge in [-0.25, -0.2) is 4.39 Å². The Labute approximate surface area is 146 Å². The maximum atomic E-state index is 13.2. The Kier molecular flexibility index (Phi) is 6.53. The van der Waals surface area contributed by atoms with E-state index in [-0.39, 0.29) is 24.2 Å². The van der Waals surface area contributed by atoms with Crippen molar-refractivity contribution in [1.82, 2.24) is 15.1 Å². The van der Waals surface area contributed by atoms with Crippen molar-refractivity contribution in [3.63, 3.8) is 0 Å². The molecule has 2 aliphatic rings. The van der Waals surface area contributed by atoms with E-state index < -0.39 is 11.9 Å². The Balaban J connectivity index is 0.00000208. The number of carbonyl (C=O) groups excluding carboxylic acids is 2. The smallest absolute Gasteiger partial charge is 0.254 e. The van der Waals surface area contributed by atoms with Crippen molar-refractivity contribution in [2.45, 2.75) is 6.10 Å². The number of morpholine rings is 1. The quantitative estimate of drug-likeness (QED) is 0.838. The first kappa shape index (κ1) is 18.6. The number of amides is 2. The SMILES string of the molecule is Cl.O=C(c1cccc(F)c1)N1CCN(C(=O)C2CNCCO2)CC1. The molecule has 2 saturated heterocycles. The van der Waals surface area contributed by atoms with Crippen LogP contribution in [0.5, 0.6) is 0 Å². The third kappa shape index (κ3) is 4.23. The van der Waals surface area contributed by atoms with Crippen LogP contribution in [0.4, 0.5) is 4.39 Å². The standard InChI is InChI=1S/C16H20FN3O3.ClH/c17-13-3-1-2-12(10-13)15(21)19-5-7-20(8-6-19)16(22)14-11-18-4-9-23-14;/h1-3,10,14,18H,4-9,11H2;1H. The summed E-state index contributed by atoms with van der Waals surface area (Å²) in [7, 11) is 0. The summed E-state index contributed by atoms with van der Waals surface area (Å²) in [4.78, 5) is 28.1. The summed E-state index contributed by atoms with van der Waals surface area (Å²) in [5.74, 6) is -0.658. The van der Waals surface area contributed by atoms with Gasteiger partial charge in [0, 0.05) is 44.8 Å². The van der Waals surface area contributed by atoms with E-state index in [9.17, 15) is 14.0 Å². The molecule has 132 valence electrons. The Bertz CT molecular complexity index is 588. The molecular formula is C16H21ClFN3O3. The molecule has 1 aromatic carbocycles. The zero-order valence-electron chi connectivity index (χ0n) is 13.2. The zero-order valence-corrected chi connectivity index (χ0v) is 14.1. The number of hydrogen-bond donors (Lipinski definition) is 1. The monoisotopic (exact) mass is 357 g/mol. The zero-order chi connectivity index (χ0) is 16.2. The second-order valence-electron chi connectivity index (χ2n) is 5.69. The number of benzene rings is 1. The molecule has 2 aliphatic heterocycles. The predicted molar refractivity (Wildman–Crippen MR) is 88.7 cm³/mol. The summed E-state index contributed by atoms with van der Waals surface area (Å²) in [5.41, 5.74) is 0.338. The summed E-state index contributed by atoms with van der Waals surface area (Å²) >= 11 is 0. The highest BCUT2D eigenvalue weighted by molar-refractivity contribution is 5.94. The van der Waals surface area contributed by atoms with E-state index in [0.29, 0.717) is 44.9 Å². The summed E-state index contributed by atoms with van der Waals surface area (Å²) < 4.78 is 18.7. The van der Waals surface area contributed by atoms with Crippen LogP contribution in [0, 0.1) is 5.82 Å². The van der Waals surface area contributed by atoms with Gasteiger partial charge in [0.05, 0.1) is 6.61 Å². The van der Waals surface area contributed by atoms with Gasteiger partial charge in [-0.05, 0) is 18.2 Å². The number of hydrogen-bond acceptors (Lipinski definition) is 4. The predicted octanol–water partition coefficient (Wildman–Crippen LogP) is 0.520. The lowest BCUT2D eigenvalue weighted by molar-refractivity contribution is -0.146. The normalized spacial score (nSPS) is 21.1. The first-order valence-electron chi connectivity index (χ1n) is 7.81. The van der Waals surface area contributed by atoms with Gasteiger partial charge in [0.25, 0.3) is 11.8 Å². The van der Waals surface area contributed by atoms with Gasteiger partial charge in [-0.2, -0.15) is 0 Å². The van der Waals surface area contributed by atoms with Gasteiger partial charge in [-0.1, -0.05) is 6.07 Å². The number of carbonyl (C=O) groups is 2. The van der Waals surface area contributed by atoms with Crippen LogP contribution in [0.15, 0.2) is 24.3 Å². The Morgan fingerprint density at radius 1 is 1.17 bits per heavy atom. The van der Waals surface area contributed by atoms with E-state index >= 15 is 0 Å². The fourth-order valence-corrected chi connectivity index (χ4v) is 2.86. The Morgan fingerprint density at radius 3 is 2.50 bits per heavy atom. The van der Waals surface area contributed by atoms with Crippen LogP contribution in [0.2, 0.25) is 0 Å². The van der Waals surface area contributed by atoms with Crippen molar-refractivity contribution in [3.05, 3.63) is 35.6 Å². The van der Waals surface area contributed by atoms with Crippen molar-refractivity contribution in [3.8, 4) is 0 Å². The third-order valence-electron chi connectivity index (χ3n) is 4.15. The van der Waals surface area contributed by atoms with Crippen molar-refractivity contribution < 1.29 is 18.7 Å². The number of ether oxygens (including phenoxy) is 1. The molecule has 1 N–H and O–H groups in total. The average Bonchev–Trinajstić information content (AvgIpc) is 2.61. The first-order valence-corrected chi connectivity index (χ1v) is 7.81. The molecular weight excluding hydrogens is 337 g/mol. The molecule has 24 heavy (non-hydrogen) atoms.